The van der Waals surface area contributed by atoms with Gasteiger partial charge >= 0.3 is 51.4 Å². The van der Waals surface area contributed by atoms with Crippen molar-refractivity contribution in [2.45, 2.75) is 57.8 Å². The Morgan fingerprint density at radius 3 is 2.20 bits per heavy atom. The van der Waals surface area contributed by atoms with Crippen molar-refractivity contribution in [3.05, 3.63) is 117 Å². The van der Waals surface area contributed by atoms with Gasteiger partial charge in [0, 0.05) is 27.2 Å². The summed E-state index contributed by atoms with van der Waals surface area (Å²) in [5.41, 5.74) is 6.28. The number of nitrogens with zero attached hydrogens (tertiary/aromatic N) is 1. The molecule has 0 fully saturated rings. The van der Waals surface area contributed by atoms with Crippen LogP contribution in [0.25, 0.3) is 5.57 Å². The van der Waals surface area contributed by atoms with Crippen molar-refractivity contribution >= 4 is 43.1 Å². The zero-order chi connectivity index (χ0) is 31.4. The summed E-state index contributed by atoms with van der Waals surface area (Å²) < 4.78 is 69.1. The van der Waals surface area contributed by atoms with Gasteiger partial charge in [0.2, 0.25) is 0 Å². The number of allylic oxidation sites excluding steroid dienone is 9. The van der Waals surface area contributed by atoms with Crippen LogP contribution in [0.5, 0.6) is 0 Å². The smallest absolute Gasteiger partial charge is 0.747 e. The summed E-state index contributed by atoms with van der Waals surface area (Å²) in [6.45, 7) is 8.07. The van der Waals surface area contributed by atoms with Gasteiger partial charge in [0.05, 0.1) is 0 Å². The monoisotopic (exact) mass is 679 g/mol. The molecule has 44 heavy (non-hydrogen) atoms. The maximum absolute atomic E-state index is 12.0. The molecular formula is C33H35ClKNO6S2. The van der Waals surface area contributed by atoms with E-state index in [-0.39, 0.29) is 51.4 Å². The van der Waals surface area contributed by atoms with Crippen LogP contribution in [0.2, 0.25) is 0 Å². The molecule has 2 aromatic carbocycles. The molecule has 3 aliphatic rings. The fourth-order valence-electron chi connectivity index (χ4n) is 6.62. The van der Waals surface area contributed by atoms with E-state index in [2.05, 4.69) is 0 Å². The van der Waals surface area contributed by atoms with Crippen LogP contribution < -0.4 is 56.3 Å². The number of rotatable bonds is 7. The van der Waals surface area contributed by atoms with E-state index in [1.54, 1.807) is 4.90 Å². The van der Waals surface area contributed by atoms with E-state index in [1.807, 2.05) is 101 Å². The number of benzene rings is 2. The maximum atomic E-state index is 12.0. The number of hydrogen-bond donors (Lipinski definition) is 1. The summed E-state index contributed by atoms with van der Waals surface area (Å²) in [5.74, 6) is -1.15. The first kappa shape index (κ1) is 35.5. The van der Waals surface area contributed by atoms with Crippen molar-refractivity contribution in [1.82, 2.24) is 0 Å². The number of halogens is 1. The van der Waals surface area contributed by atoms with Crippen molar-refractivity contribution < 1.29 is 77.3 Å². The summed E-state index contributed by atoms with van der Waals surface area (Å²) in [5, 5.41) is 0.584. The van der Waals surface area contributed by atoms with Crippen LogP contribution in [0.3, 0.4) is 0 Å². The van der Waals surface area contributed by atoms with E-state index >= 15 is 0 Å². The fourth-order valence-corrected chi connectivity index (χ4v) is 8.20. The third-order valence-corrected chi connectivity index (χ3v) is 10.4. The zero-order valence-corrected chi connectivity index (χ0v) is 31.1. The van der Waals surface area contributed by atoms with Crippen LogP contribution in [0.15, 0.2) is 100 Å². The number of anilines is 1. The van der Waals surface area contributed by atoms with Gasteiger partial charge < -0.3 is 9.45 Å². The first-order valence-corrected chi connectivity index (χ1v) is 17.6. The first-order chi connectivity index (χ1) is 20.0. The van der Waals surface area contributed by atoms with Gasteiger partial charge in [-0.3, -0.25) is 4.55 Å². The molecule has 2 aliphatic carbocycles. The van der Waals surface area contributed by atoms with E-state index in [4.69, 9.17) is 11.6 Å². The summed E-state index contributed by atoms with van der Waals surface area (Å²) in [6.07, 6.45) is 9.90. The Morgan fingerprint density at radius 2 is 1.55 bits per heavy atom. The van der Waals surface area contributed by atoms with Crippen LogP contribution in [0, 0.1) is 0 Å². The summed E-state index contributed by atoms with van der Waals surface area (Å²) in [4.78, 5) is 1.57. The predicted octanol–water partition coefficient (Wildman–Crippen LogP) is 3.97. The number of fused-ring (bicyclic) bond motifs is 2. The molecule has 7 nitrogen and oxygen atoms in total. The summed E-state index contributed by atoms with van der Waals surface area (Å²) in [6, 6.07) is 15.1. The van der Waals surface area contributed by atoms with Gasteiger partial charge in [-0.25, -0.2) is 8.42 Å². The van der Waals surface area contributed by atoms with E-state index in [9.17, 15) is 25.9 Å². The number of para-hydroxylation sites is 1. The Hall–Kier alpha value is -1.31. The molecule has 228 valence electrons. The minimum Gasteiger partial charge on any atom is -0.747 e. The van der Waals surface area contributed by atoms with Crippen LogP contribution in [0.1, 0.15) is 63.6 Å². The molecule has 1 aliphatic heterocycles. The van der Waals surface area contributed by atoms with Gasteiger partial charge in [-0.1, -0.05) is 100.0 Å². The van der Waals surface area contributed by atoms with E-state index < -0.39 is 42.7 Å². The summed E-state index contributed by atoms with van der Waals surface area (Å²) >= 11 is 6.95. The molecule has 1 N–H and O–H groups in total. The van der Waals surface area contributed by atoms with Crippen LogP contribution in [-0.4, -0.2) is 37.6 Å². The quantitative estimate of drug-likeness (QED) is 0.348. The van der Waals surface area contributed by atoms with Crippen molar-refractivity contribution in [1.29, 1.82) is 0 Å². The molecule has 0 saturated heterocycles. The molecule has 11 heteroatoms. The Morgan fingerprint density at radius 1 is 0.909 bits per heavy atom. The molecule has 0 unspecified atom stereocenters. The molecule has 0 saturated carbocycles. The van der Waals surface area contributed by atoms with E-state index in [0.717, 1.165) is 52.7 Å². The van der Waals surface area contributed by atoms with Crippen LogP contribution >= 0.6 is 11.6 Å². The minimum atomic E-state index is -4.54. The van der Waals surface area contributed by atoms with Gasteiger partial charge in [-0.15, -0.1) is 0 Å². The van der Waals surface area contributed by atoms with Crippen molar-refractivity contribution in [2.75, 3.05) is 16.5 Å². The molecule has 0 amide bonds. The summed E-state index contributed by atoms with van der Waals surface area (Å²) in [7, 11) is -8.81. The Labute approximate surface area is 308 Å². The Balaban J connectivity index is 0.00000442. The normalized spacial score (nSPS) is 21.3. The Bertz CT molecular complexity index is 1870. The molecule has 0 atom stereocenters. The second kappa shape index (κ2) is 13.1. The molecule has 0 aromatic heterocycles. The molecule has 0 spiro atoms. The third-order valence-electron chi connectivity index (χ3n) is 8.69. The van der Waals surface area contributed by atoms with Gasteiger partial charge in [-0.05, 0) is 70.4 Å². The first-order valence-electron chi connectivity index (χ1n) is 14.1. The average molecular weight is 680 g/mol. The second-order valence-electron chi connectivity index (χ2n) is 12.3. The van der Waals surface area contributed by atoms with E-state index in [1.165, 1.54) is 0 Å². The van der Waals surface area contributed by atoms with Crippen molar-refractivity contribution in [3.63, 3.8) is 0 Å². The standard InChI is InChI=1S/C33H36ClNO6S2.K/c1-32(2)26-13-6-5-12-24(26)25(20-42(36,37)38)27(32)18-16-22-10-9-11-23(31(22)34)17-19-30-33(3,4)28-14-7-8-15-29(28)35(30)21-43(39,40)41;/h5-8,12-19H,9-11,20-21H2,1-4H3,(H,36,37,38)(H,39,40,41);/q;+1/p-1/b18-16+,23-17+,30-19+;. The van der Waals surface area contributed by atoms with Crippen molar-refractivity contribution in [3.8, 4) is 0 Å². The predicted molar refractivity (Wildman–Crippen MR) is 171 cm³/mol. The van der Waals surface area contributed by atoms with E-state index in [0.29, 0.717) is 22.0 Å². The Kier molecular flexibility index (Phi) is 10.5. The van der Waals surface area contributed by atoms with Gasteiger partial charge in [-0.2, -0.15) is 8.42 Å². The van der Waals surface area contributed by atoms with Gasteiger partial charge in [0.25, 0.3) is 10.1 Å². The zero-order valence-electron chi connectivity index (χ0n) is 25.6. The SMILES string of the molecule is CC1(C)C(/C=C/C2=C(Cl)C(=C/C=C3/N(CS(=O)(=O)[O-])c4ccccc4C3(C)C)/CCC2)=C(CS(=O)(=O)O)c2ccccc21.[K+]. The fraction of sp³-hybridized carbons (Fsp3) is 0.333. The third kappa shape index (κ3) is 7.15. The number of hydrogen-bond acceptors (Lipinski definition) is 6. The molecule has 0 radical (unpaired) electrons. The molecular weight excluding hydrogens is 645 g/mol. The second-order valence-corrected chi connectivity index (χ2v) is 15.5. The molecule has 1 heterocycles. The largest absolute Gasteiger partial charge is 1.00 e. The maximum Gasteiger partial charge on any atom is 1.00 e. The van der Waals surface area contributed by atoms with Crippen LogP contribution in [-0.2, 0) is 31.1 Å². The van der Waals surface area contributed by atoms with Crippen molar-refractivity contribution in [2.24, 2.45) is 0 Å². The minimum absolute atomic E-state index is 0. The van der Waals surface area contributed by atoms with Gasteiger partial charge in [0.1, 0.15) is 21.7 Å². The molecule has 2 aromatic rings. The van der Waals surface area contributed by atoms with Crippen LogP contribution in [0.4, 0.5) is 5.69 Å². The molecule has 0 bridgehead atoms. The molecule has 5 rings (SSSR count). The van der Waals surface area contributed by atoms with Gasteiger partial charge in [0.15, 0.2) is 0 Å². The topological polar surface area (TPSA) is 115 Å². The average Bonchev–Trinajstić information content (AvgIpc) is 3.24.